The van der Waals surface area contributed by atoms with Gasteiger partial charge in [0.15, 0.2) is 0 Å². The fraction of sp³-hybridized carbons (Fsp3) is 0.267. The maximum Gasteiger partial charge on any atom is 0.268 e. The number of carbonyl (C=O) groups excluding carboxylic acids is 1. The number of thiophene rings is 1. The van der Waals surface area contributed by atoms with Gasteiger partial charge in [-0.25, -0.2) is 0 Å². The zero-order valence-corrected chi connectivity index (χ0v) is 14.0. The lowest BCUT2D eigenvalue weighted by atomic mass is 9.85. The highest BCUT2D eigenvalue weighted by Crippen LogP contribution is 2.39. The van der Waals surface area contributed by atoms with Gasteiger partial charge in [-0.3, -0.25) is 4.79 Å². The van der Waals surface area contributed by atoms with Crippen LogP contribution in [-0.4, -0.2) is 27.6 Å². The Balaban J connectivity index is 1.89. The Morgan fingerprint density at radius 2 is 2.27 bits per heavy atom. The Morgan fingerprint density at radius 1 is 1.50 bits per heavy atom. The van der Waals surface area contributed by atoms with Gasteiger partial charge >= 0.3 is 0 Å². The van der Waals surface area contributed by atoms with Gasteiger partial charge in [0.25, 0.3) is 5.91 Å². The first-order valence-corrected chi connectivity index (χ1v) is 8.37. The summed E-state index contributed by atoms with van der Waals surface area (Å²) >= 11 is 13.4. The second kappa shape index (κ2) is 5.74. The highest BCUT2D eigenvalue weighted by molar-refractivity contribution is 7.23. The van der Waals surface area contributed by atoms with E-state index in [1.807, 2.05) is 19.1 Å². The third kappa shape index (κ3) is 2.48. The predicted molar refractivity (Wildman–Crippen MR) is 91.0 cm³/mol. The van der Waals surface area contributed by atoms with Gasteiger partial charge in [0.1, 0.15) is 10.0 Å². The molecule has 2 heterocycles. The quantitative estimate of drug-likeness (QED) is 0.780. The van der Waals surface area contributed by atoms with Crippen LogP contribution in [0.2, 0.25) is 9.36 Å². The third-order valence-corrected chi connectivity index (χ3v) is 5.81. The van der Waals surface area contributed by atoms with E-state index >= 15 is 0 Å². The van der Waals surface area contributed by atoms with E-state index in [-0.39, 0.29) is 5.91 Å². The first-order valence-electron chi connectivity index (χ1n) is 6.80. The summed E-state index contributed by atoms with van der Waals surface area (Å²) in [5.74, 6) is -0.295. The molecule has 2 unspecified atom stereocenters. The normalized spacial score (nSPS) is 24.1. The first-order chi connectivity index (χ1) is 10.5. The van der Waals surface area contributed by atoms with E-state index < -0.39 is 11.6 Å². The van der Waals surface area contributed by atoms with Crippen LogP contribution in [0.4, 0.5) is 0 Å². The maximum absolute atomic E-state index is 12.5. The second-order valence-electron chi connectivity index (χ2n) is 5.15. The summed E-state index contributed by atoms with van der Waals surface area (Å²) in [6.45, 7) is 1.91. The molecule has 2 aromatic heterocycles. The fourth-order valence-corrected chi connectivity index (χ4v) is 4.00. The van der Waals surface area contributed by atoms with Gasteiger partial charge in [-0.1, -0.05) is 54.4 Å². The van der Waals surface area contributed by atoms with E-state index in [9.17, 15) is 9.90 Å². The number of aliphatic hydroxyl groups is 1. The molecule has 0 fully saturated rings. The minimum atomic E-state index is -0.800. The lowest BCUT2D eigenvalue weighted by Gasteiger charge is -2.35. The number of amides is 1. The summed E-state index contributed by atoms with van der Waals surface area (Å²) in [6, 6.07) is 1.71. The number of aliphatic hydroxyl groups excluding tert-OH is 1. The molecule has 0 radical (unpaired) electrons. The summed E-state index contributed by atoms with van der Waals surface area (Å²) < 4.78 is 1.32. The van der Waals surface area contributed by atoms with Crippen molar-refractivity contribution in [3.8, 4) is 0 Å². The molecule has 0 spiro atoms. The molecular formula is C15H14Cl2N2O2S. The summed E-state index contributed by atoms with van der Waals surface area (Å²) in [6.07, 6.45) is 6.86. The molecule has 4 nitrogen and oxygen atoms in total. The number of aromatic nitrogens is 1. The summed E-state index contributed by atoms with van der Waals surface area (Å²) in [5.41, 5.74) is 0.251. The van der Waals surface area contributed by atoms with Crippen molar-refractivity contribution < 1.29 is 9.90 Å². The van der Waals surface area contributed by atoms with Gasteiger partial charge in [-0.05, 0) is 12.5 Å². The highest BCUT2D eigenvalue weighted by atomic mass is 35.5. The molecule has 0 saturated carbocycles. The summed E-state index contributed by atoms with van der Waals surface area (Å²) in [4.78, 5) is 15.5. The zero-order valence-electron chi connectivity index (χ0n) is 11.7. The number of H-pyrrole nitrogens is 1. The summed E-state index contributed by atoms with van der Waals surface area (Å²) in [7, 11) is 0. The van der Waals surface area contributed by atoms with Crippen LogP contribution in [0.1, 0.15) is 23.8 Å². The lowest BCUT2D eigenvalue weighted by molar-refractivity contribution is 0.0785. The Bertz CT molecular complexity index is 793. The third-order valence-electron chi connectivity index (χ3n) is 3.87. The number of rotatable bonds is 3. The smallest absolute Gasteiger partial charge is 0.268 e. The Hall–Kier alpha value is -1.27. The number of hydrogen-bond acceptors (Lipinski definition) is 3. The minimum Gasteiger partial charge on any atom is -0.386 e. The zero-order chi connectivity index (χ0) is 15.9. The van der Waals surface area contributed by atoms with Gasteiger partial charge in [-0.2, -0.15) is 0 Å². The molecule has 1 aliphatic rings. The van der Waals surface area contributed by atoms with Crippen molar-refractivity contribution in [1.82, 2.24) is 10.3 Å². The molecule has 22 heavy (non-hydrogen) atoms. The molecule has 0 bridgehead atoms. The SMILES string of the molecule is CCC1(NC(=O)c2cc3sc(Cl)c(Cl)c3[nH]2)C=CC=CC1O. The van der Waals surface area contributed by atoms with Crippen molar-refractivity contribution in [1.29, 1.82) is 0 Å². The molecule has 0 aromatic carbocycles. The van der Waals surface area contributed by atoms with Crippen LogP contribution < -0.4 is 5.32 Å². The minimum absolute atomic E-state index is 0.295. The van der Waals surface area contributed by atoms with Crippen LogP contribution in [0.25, 0.3) is 10.2 Å². The van der Waals surface area contributed by atoms with Crippen molar-refractivity contribution in [3.63, 3.8) is 0 Å². The van der Waals surface area contributed by atoms with E-state index in [2.05, 4.69) is 10.3 Å². The number of fused-ring (bicyclic) bond motifs is 1. The molecule has 0 aliphatic heterocycles. The largest absolute Gasteiger partial charge is 0.386 e. The van der Waals surface area contributed by atoms with Crippen LogP contribution in [0, 0.1) is 0 Å². The molecule has 1 amide bonds. The lowest BCUT2D eigenvalue weighted by Crippen LogP contribution is -2.55. The monoisotopic (exact) mass is 356 g/mol. The molecule has 2 aromatic rings. The second-order valence-corrected chi connectivity index (χ2v) is 7.18. The molecule has 3 N–H and O–H groups in total. The Labute approximate surface area is 141 Å². The molecule has 1 aliphatic carbocycles. The highest BCUT2D eigenvalue weighted by Gasteiger charge is 2.35. The van der Waals surface area contributed by atoms with Crippen molar-refractivity contribution in [2.75, 3.05) is 0 Å². The number of aromatic amines is 1. The van der Waals surface area contributed by atoms with Crippen LogP contribution in [-0.2, 0) is 0 Å². The van der Waals surface area contributed by atoms with E-state index in [0.29, 0.717) is 27.0 Å². The maximum atomic E-state index is 12.5. The van der Waals surface area contributed by atoms with E-state index in [0.717, 1.165) is 4.70 Å². The van der Waals surface area contributed by atoms with Gasteiger partial charge in [-0.15, -0.1) is 11.3 Å². The van der Waals surface area contributed by atoms with E-state index in [1.165, 1.54) is 11.3 Å². The van der Waals surface area contributed by atoms with Gasteiger partial charge in [0, 0.05) is 0 Å². The van der Waals surface area contributed by atoms with Gasteiger partial charge in [0.2, 0.25) is 0 Å². The van der Waals surface area contributed by atoms with Crippen molar-refractivity contribution >= 4 is 50.7 Å². The standard InChI is InChI=1S/C15H14Cl2N2O2S/c1-2-15(6-4-3-5-10(15)20)19-14(21)8-7-9-12(18-8)11(16)13(17)22-9/h3-7,10,18,20H,2H2,1H3,(H,19,21). The number of halogens is 2. The van der Waals surface area contributed by atoms with Crippen molar-refractivity contribution in [2.45, 2.75) is 25.0 Å². The number of nitrogens with one attached hydrogen (secondary N) is 2. The van der Waals surface area contributed by atoms with E-state index in [4.69, 9.17) is 23.2 Å². The number of hydrogen-bond donors (Lipinski definition) is 3. The van der Waals surface area contributed by atoms with Crippen LogP contribution >= 0.6 is 34.5 Å². The van der Waals surface area contributed by atoms with E-state index in [1.54, 1.807) is 18.2 Å². The fourth-order valence-electron chi connectivity index (χ4n) is 2.52. The molecule has 7 heteroatoms. The average molecular weight is 357 g/mol. The first kappa shape index (κ1) is 15.6. The average Bonchev–Trinajstić information content (AvgIpc) is 3.02. The molecule has 2 atom stereocenters. The summed E-state index contributed by atoms with van der Waals surface area (Å²) in [5, 5.41) is 13.5. The predicted octanol–water partition coefficient (Wildman–Crippen LogP) is 3.90. The van der Waals surface area contributed by atoms with Crippen molar-refractivity contribution in [3.05, 3.63) is 45.4 Å². The van der Waals surface area contributed by atoms with Gasteiger partial charge in [0.05, 0.1) is 26.9 Å². The molecular weight excluding hydrogens is 343 g/mol. The Kier molecular flexibility index (Phi) is 4.07. The molecule has 3 rings (SSSR count). The van der Waals surface area contributed by atoms with Crippen LogP contribution in [0.5, 0.6) is 0 Å². The molecule has 0 saturated heterocycles. The van der Waals surface area contributed by atoms with Crippen molar-refractivity contribution in [2.24, 2.45) is 0 Å². The van der Waals surface area contributed by atoms with Crippen LogP contribution in [0.15, 0.2) is 30.4 Å². The number of allylic oxidation sites excluding steroid dienone is 2. The van der Waals surface area contributed by atoms with Gasteiger partial charge < -0.3 is 15.4 Å². The van der Waals surface area contributed by atoms with Crippen LogP contribution in [0.3, 0.4) is 0 Å². The Morgan fingerprint density at radius 3 is 2.91 bits per heavy atom. The molecule has 116 valence electrons. The number of carbonyl (C=O) groups is 1. The topological polar surface area (TPSA) is 65.1 Å².